The summed E-state index contributed by atoms with van der Waals surface area (Å²) in [4.78, 5) is 11.6. The standard InChI is InChI=1S/C18H27NO2Si/c1-5-19(22(2,3)4)15-11-12-16(18(20)21)17(13-15)14-9-7-6-8-10-14/h6-10,15H,5,11-13H2,1-4H3,(H,20,21). The van der Waals surface area contributed by atoms with Crippen molar-refractivity contribution in [3.05, 3.63) is 41.5 Å². The first-order valence-corrected chi connectivity index (χ1v) is 11.6. The van der Waals surface area contributed by atoms with E-state index in [9.17, 15) is 9.90 Å². The molecule has 3 nitrogen and oxygen atoms in total. The van der Waals surface area contributed by atoms with Gasteiger partial charge in [0.1, 0.15) is 8.24 Å². The summed E-state index contributed by atoms with van der Waals surface area (Å²) < 4.78 is 2.63. The molecule has 2 rings (SSSR count). The Morgan fingerprint density at radius 1 is 1.27 bits per heavy atom. The Balaban J connectivity index is 2.36. The second kappa shape index (κ2) is 6.80. The van der Waals surface area contributed by atoms with Crippen LogP contribution in [-0.4, -0.2) is 36.5 Å². The molecule has 1 atom stereocenters. The first-order valence-electron chi connectivity index (χ1n) is 8.12. The summed E-state index contributed by atoms with van der Waals surface area (Å²) in [6.45, 7) is 10.4. The summed E-state index contributed by atoms with van der Waals surface area (Å²) >= 11 is 0. The average Bonchev–Trinajstić information content (AvgIpc) is 2.47. The number of rotatable bonds is 5. The van der Waals surface area contributed by atoms with Gasteiger partial charge in [0, 0.05) is 11.6 Å². The Morgan fingerprint density at radius 3 is 2.41 bits per heavy atom. The molecule has 4 heteroatoms. The maximum atomic E-state index is 11.6. The number of carboxylic acid groups (broad SMARTS) is 1. The number of hydrogen-bond acceptors (Lipinski definition) is 2. The van der Waals surface area contributed by atoms with Gasteiger partial charge in [0.15, 0.2) is 0 Å². The maximum Gasteiger partial charge on any atom is 0.331 e. The van der Waals surface area contributed by atoms with Gasteiger partial charge in [-0.15, -0.1) is 0 Å². The molecule has 1 unspecified atom stereocenters. The molecule has 0 saturated carbocycles. The molecular formula is C18H27NO2Si. The van der Waals surface area contributed by atoms with E-state index in [1.165, 1.54) is 0 Å². The summed E-state index contributed by atoms with van der Waals surface area (Å²) in [5.74, 6) is -0.756. The summed E-state index contributed by atoms with van der Waals surface area (Å²) in [7, 11) is -1.39. The molecule has 0 fully saturated rings. The van der Waals surface area contributed by atoms with Crippen molar-refractivity contribution in [2.24, 2.45) is 0 Å². The Morgan fingerprint density at radius 2 is 1.91 bits per heavy atom. The van der Waals surface area contributed by atoms with Crippen LogP contribution in [0.2, 0.25) is 19.6 Å². The van der Waals surface area contributed by atoms with Crippen LogP contribution >= 0.6 is 0 Å². The van der Waals surface area contributed by atoms with Crippen molar-refractivity contribution in [3.8, 4) is 0 Å². The zero-order valence-corrected chi connectivity index (χ0v) is 15.1. The number of carboxylic acids is 1. The third kappa shape index (κ3) is 3.68. The van der Waals surface area contributed by atoms with Gasteiger partial charge in [-0.2, -0.15) is 0 Å². The highest BCUT2D eigenvalue weighted by atomic mass is 28.3. The van der Waals surface area contributed by atoms with Crippen molar-refractivity contribution in [2.45, 2.75) is 51.9 Å². The van der Waals surface area contributed by atoms with Crippen LogP contribution in [0.15, 0.2) is 35.9 Å². The monoisotopic (exact) mass is 317 g/mol. The van der Waals surface area contributed by atoms with Crippen molar-refractivity contribution >= 4 is 19.8 Å². The van der Waals surface area contributed by atoms with E-state index in [1.54, 1.807) is 0 Å². The van der Waals surface area contributed by atoms with E-state index in [4.69, 9.17) is 0 Å². The van der Waals surface area contributed by atoms with Gasteiger partial charge in [0.25, 0.3) is 0 Å². The molecule has 1 aromatic carbocycles. The quantitative estimate of drug-likeness (QED) is 0.826. The van der Waals surface area contributed by atoms with Crippen LogP contribution in [0, 0.1) is 0 Å². The van der Waals surface area contributed by atoms with Crippen LogP contribution in [0.4, 0.5) is 0 Å². The predicted molar refractivity (Wildman–Crippen MR) is 94.4 cm³/mol. The minimum absolute atomic E-state index is 0.468. The zero-order chi connectivity index (χ0) is 16.3. The molecular weight excluding hydrogens is 290 g/mol. The Labute approximate surface area is 134 Å². The van der Waals surface area contributed by atoms with E-state index in [-0.39, 0.29) is 0 Å². The highest BCUT2D eigenvalue weighted by molar-refractivity contribution is 6.73. The molecule has 0 heterocycles. The maximum absolute atomic E-state index is 11.6. The number of carbonyl (C=O) groups is 1. The van der Waals surface area contributed by atoms with Crippen molar-refractivity contribution < 1.29 is 9.90 Å². The smallest absolute Gasteiger partial charge is 0.331 e. The number of nitrogens with zero attached hydrogens (tertiary/aromatic N) is 1. The summed E-state index contributed by atoms with van der Waals surface area (Å²) in [6, 6.07) is 10.5. The molecule has 0 radical (unpaired) electrons. The molecule has 120 valence electrons. The third-order valence-corrected chi connectivity index (χ3v) is 6.96. The highest BCUT2D eigenvalue weighted by Gasteiger charge is 2.34. The van der Waals surface area contributed by atoms with E-state index in [1.807, 2.05) is 30.3 Å². The van der Waals surface area contributed by atoms with Crippen LogP contribution in [0.3, 0.4) is 0 Å². The van der Waals surface area contributed by atoms with Crippen LogP contribution in [0.1, 0.15) is 31.7 Å². The molecule has 22 heavy (non-hydrogen) atoms. The largest absolute Gasteiger partial charge is 0.478 e. The third-order valence-electron chi connectivity index (χ3n) is 4.56. The van der Waals surface area contributed by atoms with E-state index in [0.29, 0.717) is 18.0 Å². The van der Waals surface area contributed by atoms with Gasteiger partial charge in [-0.05, 0) is 36.9 Å². The molecule has 0 saturated heterocycles. The lowest BCUT2D eigenvalue weighted by atomic mass is 9.84. The first-order chi connectivity index (χ1) is 10.3. The van der Waals surface area contributed by atoms with Gasteiger partial charge in [0.2, 0.25) is 0 Å². The fourth-order valence-corrected chi connectivity index (χ4v) is 5.90. The van der Waals surface area contributed by atoms with Gasteiger partial charge >= 0.3 is 5.97 Å². The summed E-state index contributed by atoms with van der Waals surface area (Å²) in [6.07, 6.45) is 2.48. The van der Waals surface area contributed by atoms with E-state index >= 15 is 0 Å². The molecule has 0 bridgehead atoms. The van der Waals surface area contributed by atoms with Crippen molar-refractivity contribution in [1.29, 1.82) is 0 Å². The number of hydrogen-bond donors (Lipinski definition) is 1. The molecule has 1 aromatic rings. The predicted octanol–water partition coefficient (Wildman–Crippen LogP) is 4.23. The zero-order valence-electron chi connectivity index (χ0n) is 14.1. The fraction of sp³-hybridized carbons (Fsp3) is 0.500. The second-order valence-electron chi connectivity index (χ2n) is 6.98. The molecule has 1 aliphatic carbocycles. The van der Waals surface area contributed by atoms with Gasteiger partial charge < -0.3 is 9.67 Å². The highest BCUT2D eigenvalue weighted by Crippen LogP contribution is 2.36. The van der Waals surface area contributed by atoms with E-state index in [0.717, 1.165) is 30.5 Å². The molecule has 0 aromatic heterocycles. The van der Waals surface area contributed by atoms with Crippen molar-refractivity contribution in [3.63, 3.8) is 0 Å². The van der Waals surface area contributed by atoms with Crippen LogP contribution in [-0.2, 0) is 4.79 Å². The summed E-state index contributed by atoms with van der Waals surface area (Å²) in [5, 5.41) is 9.55. The Bertz CT molecular complexity index is 560. The Kier molecular flexibility index (Phi) is 5.24. The van der Waals surface area contributed by atoms with Crippen molar-refractivity contribution in [2.75, 3.05) is 6.54 Å². The SMILES string of the molecule is CCN(C1CCC(C(=O)O)=C(c2ccccc2)C1)[Si](C)(C)C. The van der Waals surface area contributed by atoms with Crippen molar-refractivity contribution in [1.82, 2.24) is 4.57 Å². The fourth-order valence-electron chi connectivity index (χ4n) is 3.64. The molecule has 0 aliphatic heterocycles. The van der Waals surface area contributed by atoms with Crippen LogP contribution in [0.25, 0.3) is 5.57 Å². The van der Waals surface area contributed by atoms with Gasteiger partial charge in [-0.3, -0.25) is 0 Å². The molecule has 0 spiro atoms. The lowest BCUT2D eigenvalue weighted by Crippen LogP contribution is -2.52. The second-order valence-corrected chi connectivity index (χ2v) is 11.9. The number of aliphatic carboxylic acids is 1. The normalized spacial score (nSPS) is 19.6. The molecule has 0 amide bonds. The van der Waals surface area contributed by atoms with E-state index < -0.39 is 14.2 Å². The van der Waals surface area contributed by atoms with Gasteiger partial charge in [0.05, 0.1) is 0 Å². The Hall–Kier alpha value is -1.39. The van der Waals surface area contributed by atoms with E-state index in [2.05, 4.69) is 31.1 Å². The summed E-state index contributed by atoms with van der Waals surface area (Å²) in [5.41, 5.74) is 2.70. The van der Waals surface area contributed by atoms with Gasteiger partial charge in [-0.1, -0.05) is 56.9 Å². The molecule has 1 N–H and O–H groups in total. The topological polar surface area (TPSA) is 40.5 Å². The minimum atomic E-state index is -1.39. The lowest BCUT2D eigenvalue weighted by Gasteiger charge is -2.42. The first kappa shape index (κ1) is 17.0. The lowest BCUT2D eigenvalue weighted by molar-refractivity contribution is -0.132. The average molecular weight is 318 g/mol. The van der Waals surface area contributed by atoms with Crippen LogP contribution in [0.5, 0.6) is 0 Å². The molecule has 1 aliphatic rings. The van der Waals surface area contributed by atoms with Crippen LogP contribution < -0.4 is 0 Å². The minimum Gasteiger partial charge on any atom is -0.478 e. The number of benzene rings is 1. The van der Waals surface area contributed by atoms with Gasteiger partial charge in [-0.25, -0.2) is 4.79 Å².